The van der Waals surface area contributed by atoms with E-state index in [2.05, 4.69) is 21.2 Å². The van der Waals surface area contributed by atoms with Crippen molar-refractivity contribution >= 4 is 55.1 Å². The molecule has 0 aliphatic rings. The average Bonchev–Trinajstić information content (AvgIpc) is 2.79. The topological polar surface area (TPSA) is 86.8 Å². The Kier molecular flexibility index (Phi) is 10.9. The molecular formula is C24H31BrClN3O4S. The molecule has 0 aliphatic carbocycles. The normalized spacial score (nSPS) is 12.1. The fraction of sp³-hybridized carbons (Fsp3) is 0.417. The van der Waals surface area contributed by atoms with Gasteiger partial charge in [-0.25, -0.2) is 8.42 Å². The first kappa shape index (κ1) is 28.1. The third-order valence-corrected chi connectivity index (χ3v) is 7.22. The maximum atomic E-state index is 13.2. The second kappa shape index (κ2) is 13.1. The summed E-state index contributed by atoms with van der Waals surface area (Å²) >= 11 is 9.32. The highest BCUT2D eigenvalue weighted by atomic mass is 79.9. The summed E-state index contributed by atoms with van der Waals surface area (Å²) in [6, 6.07) is 13.4. The van der Waals surface area contributed by atoms with Crippen molar-refractivity contribution in [2.75, 3.05) is 23.7 Å². The summed E-state index contributed by atoms with van der Waals surface area (Å²) in [5.41, 5.74) is 1.38. The standard InChI is InChI=1S/C24H31BrClN3O4S/c1-4-15-27-24(31)18(2)28(17-19-7-9-20(25)10-8-19)23(30)6-5-16-29(34(3,32)33)22-13-11-21(26)12-14-22/h7-14,18H,4-6,15-17H2,1-3H3,(H,27,31)/t18-/m1/s1. The second-order valence-electron chi connectivity index (χ2n) is 8.03. The van der Waals surface area contributed by atoms with Gasteiger partial charge in [-0.1, -0.05) is 46.6 Å². The number of sulfonamides is 1. The van der Waals surface area contributed by atoms with Crippen LogP contribution in [0.5, 0.6) is 0 Å². The smallest absolute Gasteiger partial charge is 0.242 e. The highest BCUT2D eigenvalue weighted by Gasteiger charge is 2.26. The number of halogens is 2. The van der Waals surface area contributed by atoms with E-state index >= 15 is 0 Å². The lowest BCUT2D eigenvalue weighted by Crippen LogP contribution is -2.47. The predicted molar refractivity (Wildman–Crippen MR) is 140 cm³/mol. The average molecular weight is 573 g/mol. The molecule has 0 unspecified atom stereocenters. The zero-order valence-corrected chi connectivity index (χ0v) is 22.8. The fourth-order valence-electron chi connectivity index (χ4n) is 3.38. The third kappa shape index (κ3) is 8.60. The maximum Gasteiger partial charge on any atom is 0.242 e. The summed E-state index contributed by atoms with van der Waals surface area (Å²) in [7, 11) is -3.54. The van der Waals surface area contributed by atoms with E-state index in [9.17, 15) is 18.0 Å². The van der Waals surface area contributed by atoms with Crippen molar-refractivity contribution in [3.05, 3.63) is 63.6 Å². The van der Waals surface area contributed by atoms with Gasteiger partial charge in [-0.2, -0.15) is 0 Å². The molecule has 0 saturated heterocycles. The molecule has 0 aromatic heterocycles. The Morgan fingerprint density at radius 3 is 2.26 bits per heavy atom. The van der Waals surface area contributed by atoms with Crippen LogP contribution in [0.2, 0.25) is 5.02 Å². The molecule has 186 valence electrons. The van der Waals surface area contributed by atoms with Gasteiger partial charge in [0.2, 0.25) is 21.8 Å². The lowest BCUT2D eigenvalue weighted by atomic mass is 10.1. The third-order valence-electron chi connectivity index (χ3n) is 5.25. The van der Waals surface area contributed by atoms with Crippen LogP contribution in [0.1, 0.15) is 38.7 Å². The van der Waals surface area contributed by atoms with E-state index in [4.69, 9.17) is 11.6 Å². The van der Waals surface area contributed by atoms with E-state index in [1.807, 2.05) is 31.2 Å². The summed E-state index contributed by atoms with van der Waals surface area (Å²) in [6.07, 6.45) is 2.32. The zero-order chi connectivity index (χ0) is 25.3. The lowest BCUT2D eigenvalue weighted by Gasteiger charge is -2.29. The molecule has 0 fully saturated rings. The molecule has 0 saturated carbocycles. The van der Waals surface area contributed by atoms with Crippen molar-refractivity contribution in [3.8, 4) is 0 Å². The first-order valence-electron chi connectivity index (χ1n) is 11.1. The van der Waals surface area contributed by atoms with Crippen molar-refractivity contribution < 1.29 is 18.0 Å². The molecule has 10 heteroatoms. The number of nitrogens with zero attached hydrogens (tertiary/aromatic N) is 2. The molecule has 2 aromatic rings. The number of hydrogen-bond donors (Lipinski definition) is 1. The lowest BCUT2D eigenvalue weighted by molar-refractivity contribution is -0.140. The van der Waals surface area contributed by atoms with Crippen molar-refractivity contribution in [3.63, 3.8) is 0 Å². The number of hydrogen-bond acceptors (Lipinski definition) is 4. The van der Waals surface area contributed by atoms with Crippen molar-refractivity contribution in [1.29, 1.82) is 0 Å². The fourth-order valence-corrected chi connectivity index (χ4v) is 4.73. The Morgan fingerprint density at radius 2 is 1.71 bits per heavy atom. The Balaban J connectivity index is 2.13. The van der Waals surface area contributed by atoms with Gasteiger partial charge < -0.3 is 10.2 Å². The minimum Gasteiger partial charge on any atom is -0.354 e. The van der Waals surface area contributed by atoms with E-state index in [1.165, 1.54) is 4.31 Å². The van der Waals surface area contributed by atoms with E-state index in [1.54, 1.807) is 36.1 Å². The number of nitrogens with one attached hydrogen (secondary N) is 1. The van der Waals surface area contributed by atoms with Gasteiger partial charge in [0.25, 0.3) is 0 Å². The predicted octanol–water partition coefficient (Wildman–Crippen LogP) is 4.59. The molecule has 0 aliphatic heterocycles. The highest BCUT2D eigenvalue weighted by Crippen LogP contribution is 2.21. The Bertz CT molecular complexity index is 1060. The molecule has 0 bridgehead atoms. The molecule has 34 heavy (non-hydrogen) atoms. The Morgan fingerprint density at radius 1 is 1.09 bits per heavy atom. The summed E-state index contributed by atoms with van der Waals surface area (Å²) in [6.45, 7) is 4.62. The first-order valence-corrected chi connectivity index (χ1v) is 14.1. The molecular weight excluding hydrogens is 542 g/mol. The largest absolute Gasteiger partial charge is 0.354 e. The van der Waals surface area contributed by atoms with Crippen LogP contribution in [0.15, 0.2) is 53.0 Å². The van der Waals surface area contributed by atoms with Crippen LogP contribution in [0.4, 0.5) is 5.69 Å². The second-order valence-corrected chi connectivity index (χ2v) is 11.3. The van der Waals surface area contributed by atoms with Crippen molar-refractivity contribution in [2.45, 2.75) is 45.7 Å². The van der Waals surface area contributed by atoms with Gasteiger partial charge in [0, 0.05) is 35.6 Å². The van der Waals surface area contributed by atoms with E-state index < -0.39 is 16.1 Å². The summed E-state index contributed by atoms with van der Waals surface area (Å²) in [4.78, 5) is 27.3. The minimum absolute atomic E-state index is 0.0987. The van der Waals surface area contributed by atoms with Crippen molar-refractivity contribution in [2.24, 2.45) is 0 Å². The monoisotopic (exact) mass is 571 g/mol. The Hall–Kier alpha value is -2.10. The Labute approximate surface area is 215 Å². The number of carbonyl (C=O) groups is 2. The van der Waals surface area contributed by atoms with Gasteiger partial charge in [0.15, 0.2) is 0 Å². The van der Waals surface area contributed by atoms with Crippen LogP contribution < -0.4 is 9.62 Å². The highest BCUT2D eigenvalue weighted by molar-refractivity contribution is 9.10. The van der Waals surface area contributed by atoms with Crippen molar-refractivity contribution in [1.82, 2.24) is 10.2 Å². The summed E-state index contributed by atoms with van der Waals surface area (Å²) in [5, 5.41) is 3.35. The molecule has 7 nitrogen and oxygen atoms in total. The van der Waals surface area contributed by atoms with Crippen LogP contribution in [0.3, 0.4) is 0 Å². The molecule has 1 N–H and O–H groups in total. The van der Waals surface area contributed by atoms with Gasteiger partial charge in [0.05, 0.1) is 11.9 Å². The van der Waals surface area contributed by atoms with Crippen LogP contribution in [0.25, 0.3) is 0 Å². The van der Waals surface area contributed by atoms with Gasteiger partial charge in [-0.3, -0.25) is 13.9 Å². The number of rotatable bonds is 12. The number of benzene rings is 2. The molecule has 0 spiro atoms. The van der Waals surface area contributed by atoms with Crippen LogP contribution in [0, 0.1) is 0 Å². The van der Waals surface area contributed by atoms with E-state index in [0.717, 1.165) is 22.7 Å². The number of carbonyl (C=O) groups excluding carboxylic acids is 2. The van der Waals surface area contributed by atoms with Gasteiger partial charge in [0.1, 0.15) is 6.04 Å². The van der Waals surface area contributed by atoms with Gasteiger partial charge >= 0.3 is 0 Å². The van der Waals surface area contributed by atoms with E-state index in [-0.39, 0.29) is 31.3 Å². The summed E-state index contributed by atoms with van der Waals surface area (Å²) < 4.78 is 26.8. The molecule has 2 rings (SSSR count). The first-order chi connectivity index (χ1) is 16.0. The number of amides is 2. The zero-order valence-electron chi connectivity index (χ0n) is 19.6. The van der Waals surface area contributed by atoms with Crippen LogP contribution in [-0.4, -0.2) is 50.5 Å². The summed E-state index contributed by atoms with van der Waals surface area (Å²) in [5.74, 6) is -0.433. The molecule has 2 aromatic carbocycles. The number of anilines is 1. The van der Waals surface area contributed by atoms with Crippen LogP contribution >= 0.6 is 27.5 Å². The molecule has 2 amide bonds. The van der Waals surface area contributed by atoms with Crippen LogP contribution in [-0.2, 0) is 26.2 Å². The SMILES string of the molecule is CCCNC(=O)[C@@H](C)N(Cc1ccc(Br)cc1)C(=O)CCCN(c1ccc(Cl)cc1)S(C)(=O)=O. The quantitative estimate of drug-likeness (QED) is 0.403. The maximum absolute atomic E-state index is 13.2. The van der Waals surface area contributed by atoms with E-state index in [0.29, 0.717) is 23.7 Å². The minimum atomic E-state index is -3.54. The molecule has 0 radical (unpaired) electrons. The molecule has 0 heterocycles. The van der Waals surface area contributed by atoms with Gasteiger partial charge in [-0.15, -0.1) is 0 Å². The molecule has 1 atom stereocenters. The van der Waals surface area contributed by atoms with Gasteiger partial charge in [-0.05, 0) is 61.7 Å².